The first-order valence-electron chi connectivity index (χ1n) is 13.4. The number of hydrogen-bond donors (Lipinski definition) is 1. The number of ether oxygens (including phenoxy) is 1. The van der Waals surface area contributed by atoms with Gasteiger partial charge in [-0.2, -0.15) is 4.98 Å². The molecule has 0 unspecified atom stereocenters. The van der Waals surface area contributed by atoms with E-state index in [0.29, 0.717) is 53.1 Å². The number of carbonyl (C=O) groups is 2. The number of para-hydroxylation sites is 1. The third-order valence-corrected chi connectivity index (χ3v) is 7.22. The third-order valence-electron chi connectivity index (χ3n) is 6.90. The summed E-state index contributed by atoms with van der Waals surface area (Å²) in [5, 5.41) is 3.52. The first kappa shape index (κ1) is 28.4. The van der Waals surface area contributed by atoms with Crippen molar-refractivity contribution in [1.82, 2.24) is 14.9 Å². The molecule has 1 atom stereocenters. The fourth-order valence-electron chi connectivity index (χ4n) is 4.96. The van der Waals surface area contributed by atoms with Crippen LogP contribution in [0.3, 0.4) is 0 Å². The number of amides is 2. The topological polar surface area (TPSA) is 94.1 Å². The highest BCUT2D eigenvalue weighted by Crippen LogP contribution is 2.33. The van der Waals surface area contributed by atoms with Gasteiger partial charge in [0.25, 0.3) is 5.91 Å². The Balaban J connectivity index is 1.27. The van der Waals surface area contributed by atoms with Crippen LogP contribution in [-0.4, -0.2) is 71.9 Å². The number of aromatic nitrogens is 2. The minimum Gasteiger partial charge on any atom is -0.444 e. The number of fused-ring (bicyclic) bond motifs is 1. The molecule has 1 N–H and O–H groups in total. The second-order valence-electron chi connectivity index (χ2n) is 11.2. The maximum atomic E-state index is 15.3. The summed E-state index contributed by atoms with van der Waals surface area (Å²) in [5.41, 5.74) is 1.28. The number of carbonyl (C=O) groups excluding carboxylic acids is 2. The number of anilines is 5. The number of nitrogens with one attached hydrogen (secondary N) is 1. The van der Waals surface area contributed by atoms with Crippen molar-refractivity contribution in [2.24, 2.45) is 0 Å². The summed E-state index contributed by atoms with van der Waals surface area (Å²) in [6.45, 7) is 9.06. The monoisotopic (exact) mass is 581 g/mol. The van der Waals surface area contributed by atoms with E-state index < -0.39 is 11.4 Å². The molecule has 12 heteroatoms. The lowest BCUT2D eigenvalue weighted by Gasteiger charge is -2.41. The van der Waals surface area contributed by atoms with Crippen molar-refractivity contribution in [1.29, 1.82) is 0 Å². The van der Waals surface area contributed by atoms with Crippen LogP contribution in [0, 0.1) is 5.82 Å². The molecule has 3 aromatic rings. The Morgan fingerprint density at radius 1 is 1.15 bits per heavy atom. The first-order valence-corrected chi connectivity index (χ1v) is 13.7. The van der Waals surface area contributed by atoms with E-state index in [-0.39, 0.29) is 30.7 Å². The number of rotatable bonds is 4. The Kier molecular flexibility index (Phi) is 7.65. The summed E-state index contributed by atoms with van der Waals surface area (Å²) in [5.74, 6) is 0.0359. The smallest absolute Gasteiger partial charge is 0.410 e. The van der Waals surface area contributed by atoms with Gasteiger partial charge in [0.1, 0.15) is 22.8 Å². The van der Waals surface area contributed by atoms with E-state index in [1.807, 2.05) is 56.7 Å². The van der Waals surface area contributed by atoms with Crippen molar-refractivity contribution in [2.75, 3.05) is 53.4 Å². The van der Waals surface area contributed by atoms with Gasteiger partial charge in [-0.25, -0.2) is 14.2 Å². The summed E-state index contributed by atoms with van der Waals surface area (Å²) >= 11 is 6.33. The molecule has 0 bridgehead atoms. The SMILES string of the molecule is C[C@@H]1CN(c2ccc(Nc3ncc4c(n3)N(C)CN(c3ccccc3Cl)C4=O)cc2F)CCN1C(=O)OC(C)(C)C. The number of piperazine rings is 1. The van der Waals surface area contributed by atoms with Gasteiger partial charge >= 0.3 is 6.09 Å². The van der Waals surface area contributed by atoms with Crippen molar-refractivity contribution in [3.8, 4) is 0 Å². The second-order valence-corrected chi connectivity index (χ2v) is 11.6. The number of benzene rings is 2. The zero-order valence-corrected chi connectivity index (χ0v) is 24.4. The fraction of sp³-hybridized carbons (Fsp3) is 0.379. The number of hydrogen-bond acceptors (Lipinski definition) is 8. The van der Waals surface area contributed by atoms with Crippen LogP contribution in [0.15, 0.2) is 48.7 Å². The summed E-state index contributed by atoms with van der Waals surface area (Å²) in [6.07, 6.45) is 1.10. The van der Waals surface area contributed by atoms with Crippen molar-refractivity contribution in [3.63, 3.8) is 0 Å². The van der Waals surface area contributed by atoms with Crippen molar-refractivity contribution < 1.29 is 18.7 Å². The standard InChI is InChI=1S/C29H33ClFN7O3/c1-18-16-36(12-13-37(18)28(40)41-29(2,3)4)24-11-10-19(14-22(24)31)33-27-32-15-20-25(34-27)35(5)17-38(26(20)39)23-9-7-6-8-21(23)30/h6-11,14-15,18H,12-13,16-17H2,1-5H3,(H,32,33,34)/t18-/m1/s1. The Morgan fingerprint density at radius 2 is 1.90 bits per heavy atom. The van der Waals surface area contributed by atoms with Crippen LogP contribution in [0.2, 0.25) is 5.02 Å². The molecule has 216 valence electrons. The highest BCUT2D eigenvalue weighted by atomic mass is 35.5. The van der Waals surface area contributed by atoms with Crippen LogP contribution in [0.1, 0.15) is 38.1 Å². The third kappa shape index (κ3) is 6.00. The van der Waals surface area contributed by atoms with E-state index in [1.165, 1.54) is 12.3 Å². The van der Waals surface area contributed by atoms with Gasteiger partial charge in [-0.1, -0.05) is 23.7 Å². The molecule has 41 heavy (non-hydrogen) atoms. The molecule has 5 rings (SSSR count). The molecule has 1 aromatic heterocycles. The van der Waals surface area contributed by atoms with E-state index in [1.54, 1.807) is 34.1 Å². The van der Waals surface area contributed by atoms with Crippen LogP contribution >= 0.6 is 11.6 Å². The van der Waals surface area contributed by atoms with Crippen molar-refractivity contribution in [2.45, 2.75) is 39.3 Å². The Labute approximate surface area is 243 Å². The molecular weight excluding hydrogens is 549 g/mol. The van der Waals surface area contributed by atoms with E-state index in [2.05, 4.69) is 15.3 Å². The number of nitrogens with zero attached hydrogens (tertiary/aromatic N) is 6. The van der Waals surface area contributed by atoms with E-state index in [0.717, 1.165) is 0 Å². The lowest BCUT2D eigenvalue weighted by molar-refractivity contribution is 0.0158. The van der Waals surface area contributed by atoms with Gasteiger partial charge in [-0.3, -0.25) is 9.69 Å². The first-order chi connectivity index (χ1) is 19.4. The van der Waals surface area contributed by atoms with Gasteiger partial charge in [0.05, 0.1) is 23.1 Å². The second kappa shape index (κ2) is 11.0. The molecule has 0 saturated carbocycles. The maximum Gasteiger partial charge on any atom is 0.410 e. The zero-order chi connectivity index (χ0) is 29.5. The van der Waals surface area contributed by atoms with E-state index in [4.69, 9.17) is 16.3 Å². The van der Waals surface area contributed by atoms with E-state index >= 15 is 4.39 Å². The van der Waals surface area contributed by atoms with E-state index in [9.17, 15) is 9.59 Å². The van der Waals surface area contributed by atoms with Crippen LogP contribution in [0.4, 0.5) is 38.0 Å². The number of halogens is 2. The molecule has 0 radical (unpaired) electrons. The van der Waals surface area contributed by atoms with Crippen LogP contribution in [0.5, 0.6) is 0 Å². The molecular formula is C29H33ClFN7O3. The van der Waals surface area contributed by atoms with Gasteiger partial charge in [0.2, 0.25) is 5.95 Å². The summed E-state index contributed by atoms with van der Waals surface area (Å²) in [6, 6.07) is 11.8. The van der Waals surface area contributed by atoms with Crippen LogP contribution in [-0.2, 0) is 4.74 Å². The molecule has 3 heterocycles. The van der Waals surface area contributed by atoms with Gasteiger partial charge in [0.15, 0.2) is 0 Å². The Morgan fingerprint density at radius 3 is 2.59 bits per heavy atom. The van der Waals surface area contributed by atoms with Gasteiger partial charge in [0, 0.05) is 44.6 Å². The molecule has 0 aliphatic carbocycles. The summed E-state index contributed by atoms with van der Waals surface area (Å²) < 4.78 is 20.8. The zero-order valence-electron chi connectivity index (χ0n) is 23.7. The highest BCUT2D eigenvalue weighted by Gasteiger charge is 2.33. The average Bonchev–Trinajstić information content (AvgIpc) is 2.90. The molecule has 2 aliphatic rings. The van der Waals surface area contributed by atoms with Crippen LogP contribution < -0.4 is 20.0 Å². The lowest BCUT2D eigenvalue weighted by Crippen LogP contribution is -2.55. The lowest BCUT2D eigenvalue weighted by atomic mass is 10.1. The van der Waals surface area contributed by atoms with Crippen molar-refractivity contribution >= 4 is 52.4 Å². The molecule has 10 nitrogen and oxygen atoms in total. The Hall–Kier alpha value is -4.12. The summed E-state index contributed by atoms with van der Waals surface area (Å²) in [7, 11) is 1.82. The predicted octanol–water partition coefficient (Wildman–Crippen LogP) is 5.51. The Bertz CT molecular complexity index is 1480. The quantitative estimate of drug-likeness (QED) is 0.431. The maximum absolute atomic E-state index is 15.3. The molecule has 2 aliphatic heterocycles. The largest absolute Gasteiger partial charge is 0.444 e. The molecule has 2 amide bonds. The van der Waals surface area contributed by atoms with Gasteiger partial charge in [-0.15, -0.1) is 0 Å². The minimum atomic E-state index is -0.577. The summed E-state index contributed by atoms with van der Waals surface area (Å²) in [4.78, 5) is 41.6. The van der Waals surface area contributed by atoms with Gasteiger partial charge < -0.3 is 24.8 Å². The molecule has 0 spiro atoms. The highest BCUT2D eigenvalue weighted by molar-refractivity contribution is 6.34. The van der Waals surface area contributed by atoms with Crippen molar-refractivity contribution in [3.05, 3.63) is 65.1 Å². The van der Waals surface area contributed by atoms with Crippen LogP contribution in [0.25, 0.3) is 0 Å². The average molecular weight is 582 g/mol. The fourth-order valence-corrected chi connectivity index (χ4v) is 5.20. The van der Waals surface area contributed by atoms with Gasteiger partial charge in [-0.05, 0) is 58.0 Å². The molecule has 1 saturated heterocycles. The molecule has 2 aromatic carbocycles. The minimum absolute atomic E-state index is 0.145. The normalized spacial score (nSPS) is 17.4. The predicted molar refractivity (Wildman–Crippen MR) is 158 cm³/mol. The molecule has 1 fully saturated rings.